The van der Waals surface area contributed by atoms with Crippen LogP contribution in [0, 0.1) is 0 Å². The van der Waals surface area contributed by atoms with E-state index in [0.717, 1.165) is 38.5 Å². The first-order valence-corrected chi connectivity index (χ1v) is 11.6. The van der Waals surface area contributed by atoms with Gasteiger partial charge in [-0.05, 0) is 51.4 Å². The zero-order chi connectivity index (χ0) is 22.5. The van der Waals surface area contributed by atoms with E-state index in [4.69, 9.17) is 0 Å². The summed E-state index contributed by atoms with van der Waals surface area (Å²) in [5, 5.41) is 11.4. The van der Waals surface area contributed by atoms with Crippen LogP contribution in [0.15, 0.2) is 0 Å². The monoisotopic (exact) mass is 426 g/mol. The number of carbonyl (C=O) groups excluding carboxylic acids is 4. The molecule has 4 N–H and O–H groups in total. The van der Waals surface area contributed by atoms with Gasteiger partial charge in [0.15, 0.2) is 0 Å². The van der Waals surface area contributed by atoms with Crippen molar-refractivity contribution in [2.75, 3.05) is 26.2 Å². The number of amides is 4. The van der Waals surface area contributed by atoms with Crippen molar-refractivity contribution in [2.45, 2.75) is 90.9 Å². The van der Waals surface area contributed by atoms with Gasteiger partial charge < -0.3 is 21.3 Å². The summed E-state index contributed by atoms with van der Waals surface area (Å²) >= 11 is 0. The number of carbonyl (C=O) groups is 4. The molecule has 8 nitrogen and oxygen atoms in total. The Balaban J connectivity index is 3.44. The van der Waals surface area contributed by atoms with Gasteiger partial charge in [-0.25, -0.2) is 0 Å². The summed E-state index contributed by atoms with van der Waals surface area (Å²) in [5.41, 5.74) is 0. The molecule has 0 aromatic carbocycles. The van der Waals surface area contributed by atoms with Crippen molar-refractivity contribution in [3.8, 4) is 0 Å². The Morgan fingerprint density at radius 1 is 0.433 bits per heavy atom. The summed E-state index contributed by atoms with van der Waals surface area (Å²) in [6.45, 7) is 6.63. The normalized spacial score (nSPS) is 10.3. The molecule has 8 heteroatoms. The van der Waals surface area contributed by atoms with E-state index in [2.05, 4.69) is 21.3 Å². The largest absolute Gasteiger partial charge is 0.356 e. The Morgan fingerprint density at radius 2 is 0.700 bits per heavy atom. The van der Waals surface area contributed by atoms with Gasteiger partial charge in [-0.1, -0.05) is 13.8 Å². The quantitative estimate of drug-likeness (QED) is 0.237. The Hall–Kier alpha value is -2.12. The molecule has 0 aliphatic carbocycles. The fourth-order valence-electron chi connectivity index (χ4n) is 2.73. The van der Waals surface area contributed by atoms with Gasteiger partial charge in [0.25, 0.3) is 0 Å². The molecule has 4 amide bonds. The predicted molar refractivity (Wildman–Crippen MR) is 119 cm³/mol. The second-order valence-corrected chi connectivity index (χ2v) is 7.52. The molecule has 30 heavy (non-hydrogen) atoms. The zero-order valence-corrected chi connectivity index (χ0v) is 18.9. The fourth-order valence-corrected chi connectivity index (χ4v) is 2.73. The number of unbranched alkanes of at least 4 members (excludes halogenated alkanes) is 3. The van der Waals surface area contributed by atoms with E-state index in [1.165, 1.54) is 0 Å². The molecule has 0 atom stereocenters. The molecular formula is C22H42N4O4. The maximum atomic E-state index is 11.7. The van der Waals surface area contributed by atoms with Crippen LogP contribution in [0.2, 0.25) is 0 Å². The summed E-state index contributed by atoms with van der Waals surface area (Å²) in [4.78, 5) is 46.4. The molecule has 0 aliphatic rings. The lowest BCUT2D eigenvalue weighted by Gasteiger charge is -2.07. The highest BCUT2D eigenvalue weighted by atomic mass is 16.2. The molecule has 0 heterocycles. The first-order valence-electron chi connectivity index (χ1n) is 11.6. The van der Waals surface area contributed by atoms with Crippen LogP contribution in [-0.2, 0) is 19.2 Å². The minimum atomic E-state index is 0.0102. The Labute approximate surface area is 181 Å². The number of hydrogen-bond acceptors (Lipinski definition) is 4. The van der Waals surface area contributed by atoms with Gasteiger partial charge in [-0.3, -0.25) is 19.2 Å². The lowest BCUT2D eigenvalue weighted by atomic mass is 10.1. The van der Waals surface area contributed by atoms with Gasteiger partial charge in [0.05, 0.1) is 0 Å². The Morgan fingerprint density at radius 3 is 0.967 bits per heavy atom. The summed E-state index contributed by atoms with van der Waals surface area (Å²) in [5.74, 6) is 0.125. The third-order valence-electron chi connectivity index (χ3n) is 4.51. The molecule has 0 rings (SSSR count). The highest BCUT2D eigenvalue weighted by Crippen LogP contribution is 2.01. The molecule has 0 spiro atoms. The van der Waals surface area contributed by atoms with E-state index in [1.807, 2.05) is 13.8 Å². The van der Waals surface area contributed by atoms with Crippen LogP contribution in [-0.4, -0.2) is 49.8 Å². The molecule has 0 fully saturated rings. The van der Waals surface area contributed by atoms with Crippen LogP contribution >= 0.6 is 0 Å². The van der Waals surface area contributed by atoms with Crippen LogP contribution in [0.4, 0.5) is 0 Å². The number of hydrogen-bond donors (Lipinski definition) is 4. The Bertz CT molecular complexity index is 454. The minimum Gasteiger partial charge on any atom is -0.356 e. The highest BCUT2D eigenvalue weighted by Gasteiger charge is 2.05. The first kappa shape index (κ1) is 27.9. The van der Waals surface area contributed by atoms with E-state index in [1.54, 1.807) is 0 Å². The summed E-state index contributed by atoms with van der Waals surface area (Å²) < 4.78 is 0. The van der Waals surface area contributed by atoms with Crippen LogP contribution < -0.4 is 21.3 Å². The maximum absolute atomic E-state index is 11.7. The number of nitrogens with one attached hydrogen (secondary N) is 4. The second-order valence-electron chi connectivity index (χ2n) is 7.52. The molecule has 0 saturated heterocycles. The van der Waals surface area contributed by atoms with Gasteiger partial charge in [0.2, 0.25) is 23.6 Å². The van der Waals surface area contributed by atoms with Crippen LogP contribution in [0.3, 0.4) is 0 Å². The average molecular weight is 427 g/mol. The minimum absolute atomic E-state index is 0.0102. The van der Waals surface area contributed by atoms with E-state index < -0.39 is 0 Å². The Kier molecular flexibility index (Phi) is 18.7. The lowest BCUT2D eigenvalue weighted by molar-refractivity contribution is -0.123. The third-order valence-corrected chi connectivity index (χ3v) is 4.51. The summed E-state index contributed by atoms with van der Waals surface area (Å²) in [6, 6.07) is 0. The van der Waals surface area contributed by atoms with Gasteiger partial charge in [-0.15, -0.1) is 0 Å². The first-order chi connectivity index (χ1) is 14.5. The zero-order valence-electron chi connectivity index (χ0n) is 18.9. The maximum Gasteiger partial charge on any atom is 0.219 e. The third kappa shape index (κ3) is 19.2. The molecule has 0 aromatic rings. The van der Waals surface area contributed by atoms with E-state index in [0.29, 0.717) is 64.7 Å². The van der Waals surface area contributed by atoms with Gasteiger partial charge >= 0.3 is 0 Å². The van der Waals surface area contributed by atoms with Crippen molar-refractivity contribution in [1.29, 1.82) is 0 Å². The second kappa shape index (κ2) is 20.2. The average Bonchev–Trinajstić information content (AvgIpc) is 2.73. The van der Waals surface area contributed by atoms with E-state index in [9.17, 15) is 19.2 Å². The predicted octanol–water partition coefficient (Wildman–Crippen LogP) is 2.17. The van der Waals surface area contributed by atoms with Crippen molar-refractivity contribution in [2.24, 2.45) is 0 Å². The van der Waals surface area contributed by atoms with Crippen molar-refractivity contribution in [3.63, 3.8) is 0 Å². The van der Waals surface area contributed by atoms with E-state index >= 15 is 0 Å². The van der Waals surface area contributed by atoms with Crippen LogP contribution in [0.1, 0.15) is 90.9 Å². The number of rotatable bonds is 19. The van der Waals surface area contributed by atoms with Gasteiger partial charge in [0, 0.05) is 51.9 Å². The standard InChI is InChI=1S/C22H42N4O4/c1-3-15-23-19(27)11-5-7-13-21(29)25-17-9-10-18-26-22(30)14-8-6-12-20(28)24-16-4-2/h3-18H2,1-2H3,(H,23,27)(H,24,28)(H,25,29)(H,26,30). The van der Waals surface area contributed by atoms with Crippen molar-refractivity contribution >= 4 is 23.6 Å². The van der Waals surface area contributed by atoms with Crippen molar-refractivity contribution in [1.82, 2.24) is 21.3 Å². The molecule has 0 bridgehead atoms. The SMILES string of the molecule is CCCNC(=O)CCCCC(=O)NCCCCNC(=O)CCCCC(=O)NCCC. The van der Waals surface area contributed by atoms with Crippen LogP contribution in [0.5, 0.6) is 0 Å². The van der Waals surface area contributed by atoms with Crippen molar-refractivity contribution < 1.29 is 19.2 Å². The summed E-state index contributed by atoms with van der Waals surface area (Å²) in [6.07, 6.45) is 8.15. The molecule has 174 valence electrons. The van der Waals surface area contributed by atoms with Crippen molar-refractivity contribution in [3.05, 3.63) is 0 Å². The van der Waals surface area contributed by atoms with Gasteiger partial charge in [0.1, 0.15) is 0 Å². The van der Waals surface area contributed by atoms with Gasteiger partial charge in [-0.2, -0.15) is 0 Å². The molecule has 0 saturated carbocycles. The fraction of sp³-hybridized carbons (Fsp3) is 0.818. The van der Waals surface area contributed by atoms with Crippen LogP contribution in [0.25, 0.3) is 0 Å². The molecule has 0 unspecified atom stereocenters. The molecule has 0 aliphatic heterocycles. The smallest absolute Gasteiger partial charge is 0.219 e. The summed E-state index contributed by atoms with van der Waals surface area (Å²) in [7, 11) is 0. The van der Waals surface area contributed by atoms with E-state index in [-0.39, 0.29) is 23.6 Å². The molecule has 0 aromatic heterocycles. The molecular weight excluding hydrogens is 384 g/mol. The topological polar surface area (TPSA) is 116 Å². The highest BCUT2D eigenvalue weighted by molar-refractivity contribution is 5.77. The lowest BCUT2D eigenvalue weighted by Crippen LogP contribution is -2.27. The molecule has 0 radical (unpaired) electrons.